The summed E-state index contributed by atoms with van der Waals surface area (Å²) in [5.74, 6) is -1.04. The van der Waals surface area contributed by atoms with Gasteiger partial charge in [-0.2, -0.15) is 11.3 Å². The van der Waals surface area contributed by atoms with Gasteiger partial charge in [-0.25, -0.2) is 4.98 Å². The Balaban J connectivity index is 2.20. The number of aromatic nitrogens is 1. The highest BCUT2D eigenvalue weighted by molar-refractivity contribution is 7.17. The summed E-state index contributed by atoms with van der Waals surface area (Å²) in [5, 5.41) is 13.5. The van der Waals surface area contributed by atoms with E-state index in [4.69, 9.17) is 5.11 Å². The molecule has 0 aliphatic carbocycles. The van der Waals surface area contributed by atoms with E-state index >= 15 is 0 Å². The van der Waals surface area contributed by atoms with E-state index < -0.39 is 5.97 Å². The van der Waals surface area contributed by atoms with Gasteiger partial charge in [-0.05, 0) is 25.3 Å². The maximum Gasteiger partial charge on any atom is 0.305 e. The number of carbonyl (C=O) groups is 2. The van der Waals surface area contributed by atoms with E-state index in [0.717, 1.165) is 10.6 Å². The first-order chi connectivity index (χ1) is 10.0. The van der Waals surface area contributed by atoms with Crippen molar-refractivity contribution >= 4 is 34.6 Å². The highest BCUT2D eigenvalue weighted by Crippen LogP contribution is 2.30. The number of carboxylic acids is 1. The van der Waals surface area contributed by atoms with Crippen LogP contribution in [0.3, 0.4) is 0 Å². The molecule has 21 heavy (non-hydrogen) atoms. The highest BCUT2D eigenvalue weighted by atomic mass is 32.1. The molecule has 2 aromatic heterocycles. The number of hydrogen-bond donors (Lipinski definition) is 1. The summed E-state index contributed by atoms with van der Waals surface area (Å²) in [7, 11) is 0. The van der Waals surface area contributed by atoms with Crippen LogP contribution in [0.2, 0.25) is 0 Å². The Kier molecular flexibility index (Phi) is 5.08. The van der Waals surface area contributed by atoms with E-state index in [-0.39, 0.29) is 18.9 Å². The van der Waals surface area contributed by atoms with Gasteiger partial charge in [-0.3, -0.25) is 9.59 Å². The molecule has 5 nitrogen and oxygen atoms in total. The Morgan fingerprint density at radius 3 is 2.76 bits per heavy atom. The fourth-order valence-corrected chi connectivity index (χ4v) is 3.63. The number of thiophene rings is 1. The zero-order valence-corrected chi connectivity index (χ0v) is 13.5. The lowest BCUT2D eigenvalue weighted by Gasteiger charge is -2.19. The van der Waals surface area contributed by atoms with Gasteiger partial charge in [0.2, 0.25) is 0 Å². The van der Waals surface area contributed by atoms with Crippen molar-refractivity contribution in [3.05, 3.63) is 27.4 Å². The molecular weight excluding hydrogens is 308 g/mol. The van der Waals surface area contributed by atoms with Crippen molar-refractivity contribution in [3.8, 4) is 10.6 Å². The van der Waals surface area contributed by atoms with Crippen molar-refractivity contribution in [2.75, 3.05) is 13.1 Å². The van der Waals surface area contributed by atoms with Gasteiger partial charge >= 0.3 is 5.97 Å². The van der Waals surface area contributed by atoms with Crippen LogP contribution in [-0.4, -0.2) is 40.0 Å². The fraction of sp³-hybridized carbons (Fsp3) is 0.357. The van der Waals surface area contributed by atoms with Gasteiger partial charge in [-0.15, -0.1) is 11.3 Å². The van der Waals surface area contributed by atoms with Crippen molar-refractivity contribution in [1.82, 2.24) is 9.88 Å². The lowest BCUT2D eigenvalue weighted by atomic mass is 10.3. The largest absolute Gasteiger partial charge is 0.481 e. The van der Waals surface area contributed by atoms with Gasteiger partial charge in [0.25, 0.3) is 5.91 Å². The molecule has 0 radical (unpaired) electrons. The summed E-state index contributed by atoms with van der Waals surface area (Å²) in [4.78, 5) is 29.7. The standard InChI is InChI=1S/C14H16N2O3S2/c1-3-16(6-4-11(17)18)14(19)12-9(2)15-13(21-12)10-5-7-20-8-10/h5,7-8H,3-4,6H2,1-2H3,(H,17,18). The molecule has 2 heterocycles. The van der Waals surface area contributed by atoms with Gasteiger partial charge < -0.3 is 10.0 Å². The third kappa shape index (κ3) is 3.68. The Labute approximate surface area is 130 Å². The molecule has 7 heteroatoms. The van der Waals surface area contributed by atoms with Crippen molar-refractivity contribution in [2.45, 2.75) is 20.3 Å². The third-order valence-electron chi connectivity index (χ3n) is 3.02. The Bertz CT molecular complexity index is 635. The molecule has 1 amide bonds. The highest BCUT2D eigenvalue weighted by Gasteiger charge is 2.21. The van der Waals surface area contributed by atoms with Crippen molar-refractivity contribution in [3.63, 3.8) is 0 Å². The van der Waals surface area contributed by atoms with Crippen LogP contribution in [0, 0.1) is 6.92 Å². The van der Waals surface area contributed by atoms with Gasteiger partial charge in [-0.1, -0.05) is 0 Å². The Morgan fingerprint density at radius 2 is 2.19 bits per heavy atom. The molecule has 0 fully saturated rings. The topological polar surface area (TPSA) is 70.5 Å². The maximum atomic E-state index is 12.5. The molecule has 0 saturated carbocycles. The van der Waals surface area contributed by atoms with Crippen LogP contribution >= 0.6 is 22.7 Å². The lowest BCUT2D eigenvalue weighted by Crippen LogP contribution is -2.32. The first-order valence-electron chi connectivity index (χ1n) is 6.54. The number of nitrogens with zero attached hydrogens (tertiary/aromatic N) is 2. The number of carbonyl (C=O) groups excluding carboxylic acids is 1. The molecule has 0 aliphatic heterocycles. The van der Waals surface area contributed by atoms with E-state index in [2.05, 4.69) is 4.98 Å². The summed E-state index contributed by atoms with van der Waals surface area (Å²) in [5.41, 5.74) is 1.71. The van der Waals surface area contributed by atoms with E-state index in [0.29, 0.717) is 17.1 Å². The van der Waals surface area contributed by atoms with E-state index in [1.165, 1.54) is 11.3 Å². The zero-order valence-electron chi connectivity index (χ0n) is 11.8. The van der Waals surface area contributed by atoms with E-state index in [9.17, 15) is 9.59 Å². The summed E-state index contributed by atoms with van der Waals surface area (Å²) in [6.07, 6.45) is -0.0468. The maximum absolute atomic E-state index is 12.5. The Hall–Kier alpha value is -1.73. The van der Waals surface area contributed by atoms with Gasteiger partial charge in [0, 0.05) is 24.0 Å². The average Bonchev–Trinajstić information content (AvgIpc) is 3.07. The van der Waals surface area contributed by atoms with Crippen LogP contribution in [-0.2, 0) is 4.79 Å². The molecule has 0 aromatic carbocycles. The fourth-order valence-electron chi connectivity index (χ4n) is 1.88. The second-order valence-electron chi connectivity index (χ2n) is 4.47. The minimum absolute atomic E-state index is 0.0468. The molecule has 0 aliphatic rings. The Morgan fingerprint density at radius 1 is 1.43 bits per heavy atom. The molecule has 0 atom stereocenters. The third-order valence-corrected chi connectivity index (χ3v) is 4.90. The first kappa shape index (κ1) is 15.7. The second-order valence-corrected chi connectivity index (χ2v) is 6.25. The van der Waals surface area contributed by atoms with E-state index in [1.54, 1.807) is 16.2 Å². The quantitative estimate of drug-likeness (QED) is 0.886. The van der Waals surface area contributed by atoms with Gasteiger partial charge in [0.15, 0.2) is 0 Å². The molecule has 0 saturated heterocycles. The van der Waals surface area contributed by atoms with Crippen LogP contribution in [0.15, 0.2) is 16.8 Å². The summed E-state index contributed by atoms with van der Waals surface area (Å²) in [6, 6.07) is 1.97. The summed E-state index contributed by atoms with van der Waals surface area (Å²) >= 11 is 2.95. The predicted molar refractivity (Wildman–Crippen MR) is 84.0 cm³/mol. The van der Waals surface area contributed by atoms with Gasteiger partial charge in [0.05, 0.1) is 12.1 Å². The number of carboxylic acid groups (broad SMARTS) is 1. The minimum Gasteiger partial charge on any atom is -0.481 e. The molecule has 1 N–H and O–H groups in total. The molecule has 0 spiro atoms. The zero-order chi connectivity index (χ0) is 15.4. The van der Waals surface area contributed by atoms with Crippen molar-refractivity contribution < 1.29 is 14.7 Å². The number of aryl methyl sites for hydroxylation is 1. The van der Waals surface area contributed by atoms with Crippen LogP contribution in [0.5, 0.6) is 0 Å². The molecular formula is C14H16N2O3S2. The number of aliphatic carboxylic acids is 1. The summed E-state index contributed by atoms with van der Waals surface area (Å²) in [6.45, 7) is 4.35. The number of rotatable bonds is 6. The second kappa shape index (κ2) is 6.82. The summed E-state index contributed by atoms with van der Waals surface area (Å²) < 4.78 is 0. The molecule has 2 rings (SSSR count). The monoisotopic (exact) mass is 324 g/mol. The number of hydrogen-bond acceptors (Lipinski definition) is 5. The van der Waals surface area contributed by atoms with Crippen LogP contribution in [0.25, 0.3) is 10.6 Å². The minimum atomic E-state index is -0.902. The molecule has 0 bridgehead atoms. The molecule has 0 unspecified atom stereocenters. The van der Waals surface area contributed by atoms with Gasteiger partial charge in [0.1, 0.15) is 9.88 Å². The van der Waals surface area contributed by atoms with E-state index in [1.807, 2.05) is 30.7 Å². The first-order valence-corrected chi connectivity index (χ1v) is 8.30. The SMILES string of the molecule is CCN(CCC(=O)O)C(=O)c1sc(-c2ccsc2)nc1C. The molecule has 112 valence electrons. The van der Waals surface area contributed by atoms with Crippen LogP contribution in [0.4, 0.5) is 0 Å². The normalized spacial score (nSPS) is 10.6. The molecule has 2 aromatic rings. The van der Waals surface area contributed by atoms with Crippen LogP contribution < -0.4 is 0 Å². The van der Waals surface area contributed by atoms with Crippen molar-refractivity contribution in [1.29, 1.82) is 0 Å². The van der Waals surface area contributed by atoms with Crippen molar-refractivity contribution in [2.24, 2.45) is 0 Å². The average molecular weight is 324 g/mol. The predicted octanol–water partition coefficient (Wildman–Crippen LogP) is 3.12. The number of thiazole rings is 1. The lowest BCUT2D eigenvalue weighted by molar-refractivity contribution is -0.137. The smallest absolute Gasteiger partial charge is 0.305 e. The number of amides is 1. The van der Waals surface area contributed by atoms with Crippen LogP contribution in [0.1, 0.15) is 28.7 Å².